The summed E-state index contributed by atoms with van der Waals surface area (Å²) in [6.45, 7) is 4.00. The molecule has 6 nitrogen and oxygen atoms in total. The quantitative estimate of drug-likeness (QED) is 0.574. The molecule has 0 bridgehead atoms. The fourth-order valence-electron chi connectivity index (χ4n) is 2.68. The second-order valence-electron chi connectivity index (χ2n) is 6.15. The predicted molar refractivity (Wildman–Crippen MR) is 110 cm³/mol. The minimum absolute atomic E-state index is 0.240. The van der Waals surface area contributed by atoms with E-state index in [0.717, 1.165) is 17.0 Å². The molecule has 0 aliphatic carbocycles. The molecule has 1 aliphatic heterocycles. The first-order valence-corrected chi connectivity index (χ1v) is 9.41. The Balaban J connectivity index is 2.15. The van der Waals surface area contributed by atoms with Gasteiger partial charge in [0.15, 0.2) is 5.82 Å². The normalized spacial score (nSPS) is 15.1. The van der Waals surface area contributed by atoms with Gasteiger partial charge in [0.1, 0.15) is 0 Å². The van der Waals surface area contributed by atoms with Crippen molar-refractivity contribution in [2.75, 3.05) is 14.2 Å². The fraction of sp³-hybridized carbons (Fsp3) is 0.190. The topological polar surface area (TPSA) is 70.4 Å². The first-order chi connectivity index (χ1) is 13.4. The van der Waals surface area contributed by atoms with Gasteiger partial charge in [-0.1, -0.05) is 41.6 Å². The average Bonchev–Trinajstić information content (AvgIpc) is 3.15. The van der Waals surface area contributed by atoms with Crippen LogP contribution in [-0.2, 0) is 19.1 Å². The first-order valence-electron chi connectivity index (χ1n) is 8.53. The average molecular weight is 396 g/mol. The maximum atomic E-state index is 12.4. The molecule has 1 aliphatic rings. The van der Waals surface area contributed by atoms with E-state index in [-0.39, 0.29) is 5.57 Å². The Labute approximate surface area is 167 Å². The minimum Gasteiger partial charge on any atom is -0.466 e. The number of methoxy groups -OCH3 is 2. The highest BCUT2D eigenvalue weighted by Crippen LogP contribution is 2.40. The number of fused-ring (bicyclic) bond motifs is 1. The lowest BCUT2D eigenvalue weighted by Crippen LogP contribution is -2.10. The molecule has 0 unspecified atom stereocenters. The third-order valence-corrected chi connectivity index (χ3v) is 5.32. The van der Waals surface area contributed by atoms with E-state index in [1.807, 2.05) is 54.3 Å². The van der Waals surface area contributed by atoms with Crippen LogP contribution in [0.4, 0.5) is 0 Å². The van der Waals surface area contributed by atoms with Crippen LogP contribution in [0.1, 0.15) is 18.3 Å². The smallest absolute Gasteiger partial charge is 0.339 e. The van der Waals surface area contributed by atoms with Gasteiger partial charge in [0.2, 0.25) is 0 Å². The maximum Gasteiger partial charge on any atom is 0.339 e. The first kappa shape index (κ1) is 19.7. The van der Waals surface area contributed by atoms with Crippen LogP contribution >= 0.6 is 11.8 Å². The zero-order chi connectivity index (χ0) is 20.3. The predicted octanol–water partition coefficient (Wildman–Crippen LogP) is 4.04. The van der Waals surface area contributed by atoms with Gasteiger partial charge in [-0.05, 0) is 25.3 Å². The summed E-state index contributed by atoms with van der Waals surface area (Å²) in [6, 6.07) is 8.08. The molecule has 0 N–H and O–H groups in total. The zero-order valence-electron chi connectivity index (χ0n) is 16.1. The van der Waals surface area contributed by atoms with Crippen LogP contribution in [0.15, 0.2) is 53.6 Å². The maximum absolute atomic E-state index is 12.4. The van der Waals surface area contributed by atoms with Crippen LogP contribution in [0.2, 0.25) is 0 Å². The number of aryl methyl sites for hydroxylation is 1. The number of aromatic nitrogens is 2. The van der Waals surface area contributed by atoms with Crippen LogP contribution < -0.4 is 0 Å². The molecule has 0 amide bonds. The number of allylic oxidation sites excluding steroid dienone is 1. The summed E-state index contributed by atoms with van der Waals surface area (Å²) in [5.41, 5.74) is 4.17. The third-order valence-electron chi connectivity index (χ3n) is 4.22. The molecule has 3 rings (SSSR count). The summed E-state index contributed by atoms with van der Waals surface area (Å²) in [4.78, 5) is 29.2. The van der Waals surface area contributed by atoms with Gasteiger partial charge >= 0.3 is 11.9 Å². The van der Waals surface area contributed by atoms with E-state index >= 15 is 0 Å². The zero-order valence-corrected chi connectivity index (χ0v) is 16.9. The number of esters is 2. The molecule has 2 aromatic rings. The Morgan fingerprint density at radius 3 is 2.43 bits per heavy atom. The molecule has 0 radical (unpaired) electrons. The summed E-state index contributed by atoms with van der Waals surface area (Å²) in [7, 11) is 2.58. The van der Waals surface area contributed by atoms with Gasteiger partial charge in [-0.25, -0.2) is 14.6 Å². The molecule has 0 fully saturated rings. The summed E-state index contributed by atoms with van der Waals surface area (Å²) < 4.78 is 11.5. The SMILES string of the molecule is COC(=O)/C=C/C(C(=O)OC)=C1/SC=C(C)n2cc(-c3ccc(C)cc3)nc21. The highest BCUT2D eigenvalue weighted by Gasteiger charge is 2.24. The standard InChI is InChI=1S/C21H20N2O4S/c1-13-5-7-15(8-6-13)17-11-23-14(2)12-28-19(20(23)22-17)16(21(25)27-4)9-10-18(24)26-3/h5-12H,1-4H3/b10-9+,19-16-. The largest absolute Gasteiger partial charge is 0.466 e. The van der Waals surface area contributed by atoms with E-state index in [9.17, 15) is 9.59 Å². The van der Waals surface area contributed by atoms with Gasteiger partial charge in [0.05, 0.1) is 30.4 Å². The molecule has 0 saturated heterocycles. The Hall–Kier alpha value is -3.06. The van der Waals surface area contributed by atoms with Gasteiger partial charge in [0, 0.05) is 23.5 Å². The van der Waals surface area contributed by atoms with Crippen molar-refractivity contribution in [3.05, 3.63) is 65.0 Å². The molecule has 1 aromatic heterocycles. The summed E-state index contributed by atoms with van der Waals surface area (Å²) in [5.74, 6) is -0.490. The molecule has 0 saturated carbocycles. The summed E-state index contributed by atoms with van der Waals surface area (Å²) in [6.07, 6.45) is 4.53. The van der Waals surface area contributed by atoms with Crippen molar-refractivity contribution in [1.82, 2.24) is 9.55 Å². The van der Waals surface area contributed by atoms with Crippen molar-refractivity contribution >= 4 is 34.3 Å². The molecular formula is C21H20N2O4S. The Bertz CT molecular complexity index is 1010. The molecule has 7 heteroatoms. The van der Waals surface area contributed by atoms with Crippen molar-refractivity contribution in [1.29, 1.82) is 0 Å². The number of hydrogen-bond acceptors (Lipinski definition) is 6. The number of thioether (sulfide) groups is 1. The summed E-state index contributed by atoms with van der Waals surface area (Å²) in [5, 5.41) is 1.93. The second kappa shape index (κ2) is 8.31. The lowest BCUT2D eigenvalue weighted by atomic mass is 10.1. The van der Waals surface area contributed by atoms with Crippen LogP contribution in [-0.4, -0.2) is 35.7 Å². The van der Waals surface area contributed by atoms with E-state index in [2.05, 4.69) is 4.74 Å². The number of rotatable bonds is 4. The summed E-state index contributed by atoms with van der Waals surface area (Å²) >= 11 is 1.37. The highest BCUT2D eigenvalue weighted by molar-refractivity contribution is 8.11. The van der Waals surface area contributed by atoms with E-state index in [1.54, 1.807) is 0 Å². The number of carbonyl (C=O) groups excluding carboxylic acids is 2. The van der Waals surface area contributed by atoms with Crippen molar-refractivity contribution in [2.45, 2.75) is 13.8 Å². The van der Waals surface area contributed by atoms with Crippen LogP contribution in [0.5, 0.6) is 0 Å². The number of nitrogens with zero attached hydrogens (tertiary/aromatic N) is 2. The van der Waals surface area contributed by atoms with Gasteiger partial charge < -0.3 is 14.0 Å². The number of imidazole rings is 1. The van der Waals surface area contributed by atoms with Gasteiger partial charge in [0.25, 0.3) is 0 Å². The monoisotopic (exact) mass is 396 g/mol. The lowest BCUT2D eigenvalue weighted by molar-refractivity contribution is -0.135. The van der Waals surface area contributed by atoms with Gasteiger partial charge in [-0.3, -0.25) is 0 Å². The Morgan fingerprint density at radius 2 is 1.79 bits per heavy atom. The van der Waals surface area contributed by atoms with Crippen molar-refractivity contribution in [3.63, 3.8) is 0 Å². The number of ether oxygens (including phenoxy) is 2. The Morgan fingerprint density at radius 1 is 1.07 bits per heavy atom. The molecule has 2 heterocycles. The number of benzene rings is 1. The van der Waals surface area contributed by atoms with Crippen molar-refractivity contribution in [2.24, 2.45) is 0 Å². The molecular weight excluding hydrogens is 376 g/mol. The number of carbonyl (C=O) groups is 2. The van der Waals surface area contributed by atoms with E-state index < -0.39 is 11.9 Å². The van der Waals surface area contributed by atoms with Crippen molar-refractivity contribution in [3.8, 4) is 11.3 Å². The van der Waals surface area contributed by atoms with Crippen LogP contribution in [0, 0.1) is 6.92 Å². The molecule has 0 atom stereocenters. The number of hydrogen-bond donors (Lipinski definition) is 0. The third kappa shape index (κ3) is 3.94. The highest BCUT2D eigenvalue weighted by atomic mass is 32.2. The Kier molecular flexibility index (Phi) is 5.84. The lowest BCUT2D eigenvalue weighted by Gasteiger charge is -2.17. The fourth-order valence-corrected chi connectivity index (χ4v) is 3.61. The second-order valence-corrected chi connectivity index (χ2v) is 7.03. The van der Waals surface area contributed by atoms with Crippen molar-refractivity contribution < 1.29 is 19.1 Å². The molecule has 144 valence electrons. The van der Waals surface area contributed by atoms with E-state index in [0.29, 0.717) is 10.7 Å². The minimum atomic E-state index is -0.557. The molecule has 0 spiro atoms. The van der Waals surface area contributed by atoms with E-state index in [1.165, 1.54) is 43.7 Å². The van der Waals surface area contributed by atoms with Gasteiger partial charge in [-0.2, -0.15) is 0 Å². The van der Waals surface area contributed by atoms with Crippen LogP contribution in [0.25, 0.3) is 21.9 Å². The van der Waals surface area contributed by atoms with Crippen LogP contribution in [0.3, 0.4) is 0 Å². The molecule has 1 aromatic carbocycles. The molecule has 28 heavy (non-hydrogen) atoms. The van der Waals surface area contributed by atoms with Gasteiger partial charge in [-0.15, -0.1) is 0 Å². The van der Waals surface area contributed by atoms with E-state index in [4.69, 9.17) is 9.72 Å².